The molecule has 2 N–H and O–H groups in total. The number of nitrogens with zero attached hydrogens (tertiary/aromatic N) is 2. The molecule has 2 rings (SSSR count). The Morgan fingerprint density at radius 2 is 2.09 bits per heavy atom. The molecule has 1 heterocycles. The summed E-state index contributed by atoms with van der Waals surface area (Å²) < 4.78 is 4.69. The Balaban J connectivity index is 2.17. The molecule has 1 atom stereocenters. The van der Waals surface area contributed by atoms with Gasteiger partial charge in [-0.2, -0.15) is 15.4 Å². The number of carbonyl (C=O) groups is 2. The van der Waals surface area contributed by atoms with Gasteiger partial charge < -0.3 is 10.1 Å². The molecule has 0 aliphatic rings. The summed E-state index contributed by atoms with van der Waals surface area (Å²) in [5, 5.41) is 12.5. The minimum Gasteiger partial charge on any atom is -0.469 e. The molecule has 7 nitrogen and oxygen atoms in total. The molecular formula is C14H16N4O3S. The SMILES string of the molecule is COC(=O)C[C@@H](NC(=O)c1cn[nH]n1)c1ccc(SC)cc1. The van der Waals surface area contributed by atoms with Gasteiger partial charge in [-0.25, -0.2) is 0 Å². The molecule has 0 saturated heterocycles. The van der Waals surface area contributed by atoms with Crippen LogP contribution in [0.15, 0.2) is 35.4 Å². The first kappa shape index (κ1) is 16.0. The Morgan fingerprint density at radius 1 is 1.36 bits per heavy atom. The first-order chi connectivity index (χ1) is 10.6. The molecule has 0 spiro atoms. The van der Waals surface area contributed by atoms with Crippen molar-refractivity contribution in [3.8, 4) is 0 Å². The van der Waals surface area contributed by atoms with Gasteiger partial charge >= 0.3 is 5.97 Å². The molecule has 0 unspecified atom stereocenters. The smallest absolute Gasteiger partial charge is 0.307 e. The van der Waals surface area contributed by atoms with E-state index in [2.05, 4.69) is 20.7 Å². The Morgan fingerprint density at radius 3 is 2.64 bits per heavy atom. The van der Waals surface area contributed by atoms with E-state index >= 15 is 0 Å². The van der Waals surface area contributed by atoms with E-state index in [1.807, 2.05) is 30.5 Å². The summed E-state index contributed by atoms with van der Waals surface area (Å²) in [6.07, 6.45) is 3.34. The van der Waals surface area contributed by atoms with Gasteiger partial charge in [0.2, 0.25) is 0 Å². The zero-order chi connectivity index (χ0) is 15.9. The number of aromatic amines is 1. The van der Waals surface area contributed by atoms with E-state index in [0.717, 1.165) is 10.5 Å². The van der Waals surface area contributed by atoms with Gasteiger partial charge in [-0.15, -0.1) is 11.8 Å². The number of thioether (sulfide) groups is 1. The van der Waals surface area contributed by atoms with Crippen LogP contribution >= 0.6 is 11.8 Å². The fourth-order valence-electron chi connectivity index (χ4n) is 1.88. The van der Waals surface area contributed by atoms with Crippen LogP contribution in [0.3, 0.4) is 0 Å². The summed E-state index contributed by atoms with van der Waals surface area (Å²) in [5.74, 6) is -0.809. The summed E-state index contributed by atoms with van der Waals surface area (Å²) in [4.78, 5) is 24.8. The van der Waals surface area contributed by atoms with Gasteiger partial charge in [0.25, 0.3) is 5.91 Å². The third-order valence-corrected chi connectivity index (χ3v) is 3.81. The molecule has 22 heavy (non-hydrogen) atoms. The molecule has 116 valence electrons. The predicted molar refractivity (Wildman–Crippen MR) is 81.4 cm³/mol. The van der Waals surface area contributed by atoms with E-state index in [0.29, 0.717) is 0 Å². The average Bonchev–Trinajstić information content (AvgIpc) is 3.08. The average molecular weight is 320 g/mol. The summed E-state index contributed by atoms with van der Waals surface area (Å²) >= 11 is 1.62. The Labute approximate surface area is 131 Å². The van der Waals surface area contributed by atoms with Crippen LogP contribution in [0.25, 0.3) is 0 Å². The lowest BCUT2D eigenvalue weighted by Gasteiger charge is -2.17. The highest BCUT2D eigenvalue weighted by Crippen LogP contribution is 2.22. The third-order valence-electron chi connectivity index (χ3n) is 3.07. The van der Waals surface area contributed by atoms with Gasteiger partial charge in [0, 0.05) is 4.90 Å². The van der Waals surface area contributed by atoms with Crippen LogP contribution in [-0.2, 0) is 9.53 Å². The second kappa shape index (κ2) is 7.60. The topological polar surface area (TPSA) is 97.0 Å². The molecule has 0 radical (unpaired) electrons. The molecule has 0 saturated carbocycles. The number of ether oxygens (including phenoxy) is 1. The summed E-state index contributed by atoms with van der Waals surface area (Å²) in [6.45, 7) is 0. The lowest BCUT2D eigenvalue weighted by molar-refractivity contribution is -0.141. The predicted octanol–water partition coefficient (Wildman–Crippen LogP) is 1.56. The van der Waals surface area contributed by atoms with Crippen molar-refractivity contribution < 1.29 is 14.3 Å². The quantitative estimate of drug-likeness (QED) is 0.619. The van der Waals surface area contributed by atoms with Crippen molar-refractivity contribution in [1.29, 1.82) is 0 Å². The van der Waals surface area contributed by atoms with E-state index in [9.17, 15) is 9.59 Å². The monoisotopic (exact) mass is 320 g/mol. The molecule has 0 aliphatic carbocycles. The number of nitrogens with one attached hydrogen (secondary N) is 2. The zero-order valence-electron chi connectivity index (χ0n) is 12.2. The molecule has 0 fully saturated rings. The van der Waals surface area contributed by atoms with E-state index in [1.54, 1.807) is 11.8 Å². The number of rotatable bonds is 6. The first-order valence-electron chi connectivity index (χ1n) is 6.51. The Bertz CT molecular complexity index is 628. The molecular weight excluding hydrogens is 304 g/mol. The number of hydrogen-bond acceptors (Lipinski definition) is 6. The van der Waals surface area contributed by atoms with E-state index in [4.69, 9.17) is 4.74 Å². The van der Waals surface area contributed by atoms with Crippen molar-refractivity contribution >= 4 is 23.6 Å². The lowest BCUT2D eigenvalue weighted by Crippen LogP contribution is -2.30. The van der Waals surface area contributed by atoms with Gasteiger partial charge in [-0.1, -0.05) is 12.1 Å². The maximum atomic E-state index is 12.1. The molecule has 0 aliphatic heterocycles. The fraction of sp³-hybridized carbons (Fsp3) is 0.286. The Kier molecular flexibility index (Phi) is 5.54. The number of H-pyrrole nitrogens is 1. The minimum atomic E-state index is -0.493. The number of carbonyl (C=O) groups excluding carboxylic acids is 2. The standard InChI is InChI=1S/C14H16N4O3S/c1-21-13(19)7-11(9-3-5-10(22-2)6-4-9)16-14(20)12-8-15-18-17-12/h3-6,8,11H,7H2,1-2H3,(H,16,20)(H,15,17,18)/t11-/m1/s1. The van der Waals surface area contributed by atoms with Crippen molar-refractivity contribution in [3.05, 3.63) is 41.7 Å². The minimum absolute atomic E-state index is 0.0404. The van der Waals surface area contributed by atoms with Gasteiger partial charge in [-0.05, 0) is 24.0 Å². The van der Waals surface area contributed by atoms with Gasteiger partial charge in [-0.3, -0.25) is 9.59 Å². The van der Waals surface area contributed by atoms with Crippen LogP contribution < -0.4 is 5.32 Å². The number of aromatic nitrogens is 3. The zero-order valence-corrected chi connectivity index (χ0v) is 13.0. The van der Waals surface area contributed by atoms with Crippen LogP contribution in [-0.4, -0.2) is 40.7 Å². The molecule has 1 aromatic carbocycles. The molecule has 1 aromatic heterocycles. The largest absolute Gasteiger partial charge is 0.469 e. The number of esters is 1. The number of hydrogen-bond donors (Lipinski definition) is 2. The van der Waals surface area contributed by atoms with Crippen molar-refractivity contribution in [1.82, 2.24) is 20.7 Å². The molecule has 0 bridgehead atoms. The van der Waals surface area contributed by atoms with Crippen LogP contribution in [0, 0.1) is 0 Å². The fourth-order valence-corrected chi connectivity index (χ4v) is 2.29. The first-order valence-corrected chi connectivity index (χ1v) is 7.74. The second-order valence-electron chi connectivity index (χ2n) is 4.43. The van der Waals surface area contributed by atoms with E-state index < -0.39 is 17.9 Å². The normalized spacial score (nSPS) is 11.7. The van der Waals surface area contributed by atoms with Crippen molar-refractivity contribution in [2.75, 3.05) is 13.4 Å². The highest BCUT2D eigenvalue weighted by Gasteiger charge is 2.20. The van der Waals surface area contributed by atoms with E-state index in [1.165, 1.54) is 13.3 Å². The van der Waals surface area contributed by atoms with Crippen LogP contribution in [0.2, 0.25) is 0 Å². The summed E-state index contributed by atoms with van der Waals surface area (Å²) in [5.41, 5.74) is 0.982. The van der Waals surface area contributed by atoms with Crippen LogP contribution in [0.1, 0.15) is 28.5 Å². The number of amides is 1. The van der Waals surface area contributed by atoms with Crippen LogP contribution in [0.4, 0.5) is 0 Å². The second-order valence-corrected chi connectivity index (χ2v) is 5.31. The Hall–Kier alpha value is -2.35. The maximum absolute atomic E-state index is 12.1. The third kappa shape index (κ3) is 4.08. The van der Waals surface area contributed by atoms with Gasteiger partial charge in [0.1, 0.15) is 0 Å². The maximum Gasteiger partial charge on any atom is 0.307 e. The van der Waals surface area contributed by atoms with Crippen molar-refractivity contribution in [3.63, 3.8) is 0 Å². The van der Waals surface area contributed by atoms with Crippen molar-refractivity contribution in [2.45, 2.75) is 17.4 Å². The highest BCUT2D eigenvalue weighted by molar-refractivity contribution is 7.98. The van der Waals surface area contributed by atoms with Gasteiger partial charge in [0.15, 0.2) is 5.69 Å². The van der Waals surface area contributed by atoms with Gasteiger partial charge in [0.05, 0.1) is 25.8 Å². The lowest BCUT2D eigenvalue weighted by atomic mass is 10.0. The molecule has 8 heteroatoms. The van der Waals surface area contributed by atoms with Crippen LogP contribution in [0.5, 0.6) is 0 Å². The van der Waals surface area contributed by atoms with E-state index in [-0.39, 0.29) is 12.1 Å². The highest BCUT2D eigenvalue weighted by atomic mass is 32.2. The number of methoxy groups -OCH3 is 1. The molecule has 2 aromatic rings. The van der Waals surface area contributed by atoms with Crippen molar-refractivity contribution in [2.24, 2.45) is 0 Å². The summed E-state index contributed by atoms with van der Waals surface area (Å²) in [6, 6.07) is 7.14. The summed E-state index contributed by atoms with van der Waals surface area (Å²) in [7, 11) is 1.32. The number of benzene rings is 1. The molecule has 1 amide bonds.